The molecule has 1 atom stereocenters. The van der Waals surface area contributed by atoms with E-state index in [1.54, 1.807) is 30.3 Å². The largest absolute Gasteiger partial charge is 0.872 e. The summed E-state index contributed by atoms with van der Waals surface area (Å²) in [6.07, 6.45) is 6.13. The van der Waals surface area contributed by atoms with Gasteiger partial charge in [-0.25, -0.2) is 4.57 Å². The van der Waals surface area contributed by atoms with Crippen molar-refractivity contribution in [1.82, 2.24) is 9.88 Å². The standard InChI is InChI=1S/C32H29N3O6/c36-30(24-9-12-26-27(19-24)40-18-17-39-26)28-29(35(32(38)31(28)37)15-4-14-34-16-13-33-21-34)23-7-10-25(11-8-23)41-20-22-5-2-1-3-6-22/h1-3,5-13,16,19,21,29H,4,14-15,17-18,20H2,(H,36,37). The second-order valence-electron chi connectivity index (χ2n) is 9.88. The summed E-state index contributed by atoms with van der Waals surface area (Å²) < 4.78 is 19.1. The van der Waals surface area contributed by atoms with Crippen molar-refractivity contribution in [2.75, 3.05) is 19.8 Å². The molecule has 1 fully saturated rings. The molecular formula is C32H29N3O6. The first kappa shape index (κ1) is 26.2. The van der Waals surface area contributed by atoms with Crippen LogP contribution in [0.15, 0.2) is 97.1 Å². The molecule has 3 aromatic carbocycles. The lowest BCUT2D eigenvalue weighted by Crippen LogP contribution is -2.36. The van der Waals surface area contributed by atoms with Crippen molar-refractivity contribution in [3.05, 3.63) is 114 Å². The summed E-state index contributed by atoms with van der Waals surface area (Å²) in [6, 6.07) is 21.0. The van der Waals surface area contributed by atoms with E-state index < -0.39 is 23.5 Å². The summed E-state index contributed by atoms with van der Waals surface area (Å²) >= 11 is 0. The van der Waals surface area contributed by atoms with Crippen LogP contribution in [0.25, 0.3) is 5.76 Å². The van der Waals surface area contributed by atoms with E-state index in [0.717, 1.165) is 5.56 Å². The SMILES string of the molecule is O=C1C(=O)N(CCC[n+]2cc[nH]c2)C(c2ccc(OCc3ccccc3)cc2)/C1=C(\[O-])c1ccc2c(c1)OCCO2. The van der Waals surface area contributed by atoms with Gasteiger partial charge >= 0.3 is 0 Å². The normalized spacial score (nSPS) is 17.6. The Labute approximate surface area is 237 Å². The van der Waals surface area contributed by atoms with E-state index in [2.05, 4.69) is 4.98 Å². The zero-order valence-electron chi connectivity index (χ0n) is 22.3. The molecule has 1 amide bonds. The highest BCUT2D eigenvalue weighted by Crippen LogP contribution is 2.40. The molecule has 9 nitrogen and oxygen atoms in total. The van der Waals surface area contributed by atoms with Gasteiger partial charge in [-0.1, -0.05) is 54.3 Å². The number of amides is 1. The van der Waals surface area contributed by atoms with E-state index in [9.17, 15) is 14.7 Å². The van der Waals surface area contributed by atoms with Crippen LogP contribution in [-0.2, 0) is 22.7 Å². The minimum Gasteiger partial charge on any atom is -0.872 e. The van der Waals surface area contributed by atoms with E-state index in [1.807, 2.05) is 65.8 Å². The number of H-pyrrole nitrogens is 1. The first-order chi connectivity index (χ1) is 20.1. The van der Waals surface area contributed by atoms with Crippen LogP contribution in [0.2, 0.25) is 0 Å². The smallest absolute Gasteiger partial charge is 0.295 e. The predicted molar refractivity (Wildman–Crippen MR) is 147 cm³/mol. The van der Waals surface area contributed by atoms with Crippen molar-refractivity contribution in [1.29, 1.82) is 0 Å². The molecule has 1 aromatic heterocycles. The van der Waals surface area contributed by atoms with Gasteiger partial charge in [0.05, 0.1) is 12.6 Å². The van der Waals surface area contributed by atoms with E-state index in [-0.39, 0.29) is 11.1 Å². The maximum atomic E-state index is 13.8. The van der Waals surface area contributed by atoms with E-state index in [1.165, 1.54) is 4.90 Å². The number of nitrogens with zero attached hydrogens (tertiary/aromatic N) is 2. The van der Waals surface area contributed by atoms with Crippen LogP contribution in [0.3, 0.4) is 0 Å². The maximum Gasteiger partial charge on any atom is 0.295 e. The maximum absolute atomic E-state index is 13.8. The average molecular weight is 552 g/mol. The third kappa shape index (κ3) is 5.51. The molecule has 0 radical (unpaired) electrons. The molecule has 0 saturated carbocycles. The molecule has 6 rings (SSSR count). The number of aromatic nitrogens is 2. The van der Waals surface area contributed by atoms with E-state index in [4.69, 9.17) is 14.2 Å². The van der Waals surface area contributed by atoms with Crippen molar-refractivity contribution in [2.45, 2.75) is 25.6 Å². The highest BCUT2D eigenvalue weighted by molar-refractivity contribution is 6.46. The van der Waals surface area contributed by atoms with Gasteiger partial charge in [0, 0.05) is 18.5 Å². The predicted octanol–water partition coefficient (Wildman–Crippen LogP) is 2.97. The second kappa shape index (κ2) is 11.6. The van der Waals surface area contributed by atoms with Crippen LogP contribution < -0.4 is 23.9 Å². The molecule has 2 aliphatic rings. The number of hydrogen-bond acceptors (Lipinski definition) is 6. The molecule has 2 aliphatic heterocycles. The number of benzene rings is 3. The summed E-state index contributed by atoms with van der Waals surface area (Å²) in [6.45, 7) is 2.15. The first-order valence-corrected chi connectivity index (χ1v) is 13.5. The molecule has 4 aromatic rings. The lowest BCUT2D eigenvalue weighted by atomic mass is 9.95. The zero-order valence-corrected chi connectivity index (χ0v) is 22.3. The van der Waals surface area contributed by atoms with Crippen LogP contribution in [0.4, 0.5) is 0 Å². The van der Waals surface area contributed by atoms with Gasteiger partial charge in [0.15, 0.2) is 11.5 Å². The summed E-state index contributed by atoms with van der Waals surface area (Å²) in [7, 11) is 0. The quantitative estimate of drug-likeness (QED) is 0.148. The topological polar surface area (TPSA) is 108 Å². The molecule has 41 heavy (non-hydrogen) atoms. The summed E-state index contributed by atoms with van der Waals surface area (Å²) in [4.78, 5) is 31.2. The molecule has 208 valence electrons. The summed E-state index contributed by atoms with van der Waals surface area (Å²) in [5.74, 6) is -0.344. The van der Waals surface area contributed by atoms with E-state index in [0.29, 0.717) is 62.1 Å². The third-order valence-electron chi connectivity index (χ3n) is 7.20. The molecule has 9 heteroatoms. The Morgan fingerprint density at radius 3 is 2.54 bits per heavy atom. The Balaban J connectivity index is 1.31. The van der Waals surface area contributed by atoms with Crippen LogP contribution in [0, 0.1) is 0 Å². The number of likely N-dealkylation sites (tertiary alicyclic amines) is 1. The van der Waals surface area contributed by atoms with Gasteiger partial charge in [0.1, 0.15) is 38.0 Å². The Bertz CT molecular complexity index is 1560. The van der Waals surface area contributed by atoms with Crippen molar-refractivity contribution in [3.8, 4) is 17.2 Å². The Morgan fingerprint density at radius 1 is 1.00 bits per heavy atom. The van der Waals surface area contributed by atoms with Gasteiger partial charge in [0.25, 0.3) is 5.91 Å². The molecule has 0 spiro atoms. The van der Waals surface area contributed by atoms with Crippen LogP contribution in [-0.4, -0.2) is 41.3 Å². The number of rotatable bonds is 9. The monoisotopic (exact) mass is 551 g/mol. The number of hydrogen-bond donors (Lipinski definition) is 1. The lowest BCUT2D eigenvalue weighted by Gasteiger charge is -2.28. The number of nitrogens with one attached hydrogen (secondary N) is 1. The molecule has 1 saturated heterocycles. The summed E-state index contributed by atoms with van der Waals surface area (Å²) in [5, 5.41) is 13.8. The number of aromatic amines is 1. The van der Waals surface area contributed by atoms with Crippen molar-refractivity contribution >= 4 is 17.4 Å². The Hall–Kier alpha value is -5.05. The molecule has 0 bridgehead atoms. The minimum atomic E-state index is -0.824. The second-order valence-corrected chi connectivity index (χ2v) is 9.88. The Morgan fingerprint density at radius 2 is 1.78 bits per heavy atom. The number of imidazole rings is 1. The van der Waals surface area contributed by atoms with Crippen LogP contribution in [0.1, 0.15) is 29.2 Å². The first-order valence-electron chi connectivity index (χ1n) is 13.5. The summed E-state index contributed by atoms with van der Waals surface area (Å²) in [5.41, 5.74) is 1.89. The van der Waals surface area contributed by atoms with Gasteiger partial charge < -0.3 is 24.2 Å². The van der Waals surface area contributed by atoms with Crippen LogP contribution >= 0.6 is 0 Å². The zero-order chi connectivity index (χ0) is 28.2. The van der Waals surface area contributed by atoms with Crippen LogP contribution in [0.5, 0.6) is 17.2 Å². The molecule has 3 heterocycles. The number of aryl methyl sites for hydroxylation is 1. The fraction of sp³-hybridized carbons (Fsp3) is 0.219. The number of Topliss-reactive ketones (excluding diaryl/α,β-unsaturated/α-hetero) is 1. The molecule has 1 unspecified atom stereocenters. The van der Waals surface area contributed by atoms with E-state index >= 15 is 0 Å². The lowest BCUT2D eigenvalue weighted by molar-refractivity contribution is -0.695. The molecule has 0 aliphatic carbocycles. The number of carbonyl (C=O) groups is 2. The number of ether oxygens (including phenoxy) is 3. The van der Waals surface area contributed by atoms with Gasteiger partial charge in [-0.05, 0) is 41.0 Å². The highest BCUT2D eigenvalue weighted by atomic mass is 16.6. The van der Waals surface area contributed by atoms with Gasteiger partial charge in [-0.2, -0.15) is 0 Å². The molecular weight excluding hydrogens is 522 g/mol. The number of fused-ring (bicyclic) bond motifs is 1. The average Bonchev–Trinajstić information content (AvgIpc) is 3.63. The van der Waals surface area contributed by atoms with Gasteiger partial charge in [-0.3, -0.25) is 14.6 Å². The fourth-order valence-corrected chi connectivity index (χ4v) is 5.16. The van der Waals surface area contributed by atoms with Crippen molar-refractivity contribution in [3.63, 3.8) is 0 Å². The van der Waals surface area contributed by atoms with Crippen molar-refractivity contribution in [2.24, 2.45) is 0 Å². The van der Waals surface area contributed by atoms with Gasteiger partial charge in [0.2, 0.25) is 12.1 Å². The number of carbonyl (C=O) groups excluding carboxylic acids is 2. The van der Waals surface area contributed by atoms with Crippen molar-refractivity contribution < 1.29 is 33.5 Å². The fourth-order valence-electron chi connectivity index (χ4n) is 5.16. The number of ketones is 1. The Kier molecular flexibility index (Phi) is 7.40. The minimum absolute atomic E-state index is 0.0704. The third-order valence-corrected chi connectivity index (χ3v) is 7.20. The molecule has 1 N–H and O–H groups in total. The van der Waals surface area contributed by atoms with Gasteiger partial charge in [-0.15, -0.1) is 0 Å². The highest BCUT2D eigenvalue weighted by Gasteiger charge is 2.44.